The zero-order valence-electron chi connectivity index (χ0n) is 10.1. The first-order valence-electron chi connectivity index (χ1n) is 6.11. The first-order valence-corrected chi connectivity index (χ1v) is 6.49. The van der Waals surface area contributed by atoms with Crippen molar-refractivity contribution in [3.63, 3.8) is 0 Å². The maximum absolute atomic E-state index is 5.83. The van der Waals surface area contributed by atoms with E-state index in [1.807, 2.05) is 6.92 Å². The standard InChI is InChI=1S/C12H18ClN3O/c1-9-8-11(13)16-12(15-9)17-7-5-10-4-2-3-6-14-10/h8,10,14H,2-7H2,1H3/t10-/m1/s1. The van der Waals surface area contributed by atoms with Crippen LogP contribution in [-0.2, 0) is 0 Å². The Bertz CT molecular complexity index is 347. The molecule has 1 atom stereocenters. The minimum atomic E-state index is 0.380. The first kappa shape index (κ1) is 12.6. The second kappa shape index (κ2) is 6.17. The molecule has 0 spiro atoms. The molecule has 17 heavy (non-hydrogen) atoms. The quantitative estimate of drug-likeness (QED) is 0.839. The molecule has 1 aromatic heterocycles. The molecule has 1 saturated heterocycles. The van der Waals surface area contributed by atoms with Crippen molar-refractivity contribution in [2.24, 2.45) is 0 Å². The van der Waals surface area contributed by atoms with Crippen molar-refractivity contribution in [1.29, 1.82) is 0 Å². The van der Waals surface area contributed by atoms with Gasteiger partial charge in [0, 0.05) is 11.7 Å². The number of rotatable bonds is 4. The molecule has 5 heteroatoms. The molecule has 0 bridgehead atoms. The highest BCUT2D eigenvalue weighted by atomic mass is 35.5. The van der Waals surface area contributed by atoms with Crippen molar-refractivity contribution in [3.05, 3.63) is 16.9 Å². The van der Waals surface area contributed by atoms with Gasteiger partial charge in [-0.15, -0.1) is 0 Å². The van der Waals surface area contributed by atoms with E-state index in [1.165, 1.54) is 19.3 Å². The van der Waals surface area contributed by atoms with Crippen molar-refractivity contribution in [2.75, 3.05) is 13.2 Å². The predicted octanol–water partition coefficient (Wildman–Crippen LogP) is 2.35. The van der Waals surface area contributed by atoms with Gasteiger partial charge in [-0.1, -0.05) is 18.0 Å². The summed E-state index contributed by atoms with van der Waals surface area (Å²) in [5, 5.41) is 3.91. The molecule has 4 nitrogen and oxygen atoms in total. The summed E-state index contributed by atoms with van der Waals surface area (Å²) in [5.74, 6) is 0. The third-order valence-corrected chi connectivity index (χ3v) is 3.11. The molecule has 94 valence electrons. The van der Waals surface area contributed by atoms with Crippen LogP contribution in [0.5, 0.6) is 6.01 Å². The number of piperidine rings is 1. The van der Waals surface area contributed by atoms with Crippen LogP contribution in [0, 0.1) is 6.92 Å². The number of nitrogens with zero attached hydrogens (tertiary/aromatic N) is 2. The van der Waals surface area contributed by atoms with Gasteiger partial charge in [-0.05, 0) is 38.8 Å². The lowest BCUT2D eigenvalue weighted by molar-refractivity contribution is 0.252. The van der Waals surface area contributed by atoms with Crippen molar-refractivity contribution in [3.8, 4) is 6.01 Å². The number of hydrogen-bond donors (Lipinski definition) is 1. The number of nitrogens with one attached hydrogen (secondary N) is 1. The minimum Gasteiger partial charge on any atom is -0.463 e. The SMILES string of the molecule is Cc1cc(Cl)nc(OCC[C@H]2CCCCN2)n1. The molecule has 0 radical (unpaired) electrons. The van der Waals surface area contributed by atoms with Gasteiger partial charge in [0.05, 0.1) is 6.61 Å². The van der Waals surface area contributed by atoms with Crippen LogP contribution < -0.4 is 10.1 Å². The maximum Gasteiger partial charge on any atom is 0.318 e. The zero-order valence-corrected chi connectivity index (χ0v) is 10.8. The largest absolute Gasteiger partial charge is 0.463 e. The fourth-order valence-corrected chi connectivity index (χ4v) is 2.26. The fourth-order valence-electron chi connectivity index (χ4n) is 2.03. The van der Waals surface area contributed by atoms with E-state index in [0.717, 1.165) is 18.7 Å². The Morgan fingerprint density at radius 2 is 2.35 bits per heavy atom. The molecule has 0 aliphatic carbocycles. The van der Waals surface area contributed by atoms with E-state index in [-0.39, 0.29) is 0 Å². The summed E-state index contributed by atoms with van der Waals surface area (Å²) in [5.41, 5.74) is 0.829. The molecular weight excluding hydrogens is 238 g/mol. The highest BCUT2D eigenvalue weighted by Gasteiger charge is 2.12. The molecule has 1 aliphatic rings. The summed E-state index contributed by atoms with van der Waals surface area (Å²) in [6, 6.07) is 2.67. The van der Waals surface area contributed by atoms with E-state index < -0.39 is 0 Å². The molecule has 1 aromatic rings. The lowest BCUT2D eigenvalue weighted by Gasteiger charge is -2.23. The van der Waals surface area contributed by atoms with Crippen molar-refractivity contribution in [2.45, 2.75) is 38.6 Å². The predicted molar refractivity (Wildman–Crippen MR) is 67.5 cm³/mol. The summed E-state index contributed by atoms with van der Waals surface area (Å²) < 4.78 is 5.52. The van der Waals surface area contributed by atoms with E-state index in [9.17, 15) is 0 Å². The second-order valence-electron chi connectivity index (χ2n) is 4.40. The molecule has 2 rings (SSSR count). The van der Waals surface area contributed by atoms with Gasteiger partial charge in [-0.2, -0.15) is 4.98 Å². The Labute approximate surface area is 107 Å². The smallest absolute Gasteiger partial charge is 0.318 e. The molecule has 0 saturated carbocycles. The monoisotopic (exact) mass is 255 g/mol. The average Bonchev–Trinajstić information content (AvgIpc) is 2.29. The van der Waals surface area contributed by atoms with Gasteiger partial charge in [-0.3, -0.25) is 0 Å². The lowest BCUT2D eigenvalue weighted by atomic mass is 10.0. The van der Waals surface area contributed by atoms with E-state index in [0.29, 0.717) is 23.8 Å². The Kier molecular flexibility index (Phi) is 4.57. The van der Waals surface area contributed by atoms with Crippen LogP contribution in [0.25, 0.3) is 0 Å². The number of aromatic nitrogens is 2. The van der Waals surface area contributed by atoms with Crippen LogP contribution >= 0.6 is 11.6 Å². The van der Waals surface area contributed by atoms with Crippen LogP contribution in [0.15, 0.2) is 6.07 Å². The van der Waals surface area contributed by atoms with Gasteiger partial charge in [0.1, 0.15) is 5.15 Å². The molecule has 0 aromatic carbocycles. The summed E-state index contributed by atoms with van der Waals surface area (Å²) in [7, 11) is 0. The Morgan fingerprint density at radius 1 is 1.47 bits per heavy atom. The van der Waals surface area contributed by atoms with Gasteiger partial charge in [-0.25, -0.2) is 4.98 Å². The number of ether oxygens (including phenoxy) is 1. The van der Waals surface area contributed by atoms with Gasteiger partial charge in [0.15, 0.2) is 0 Å². The summed E-state index contributed by atoms with van der Waals surface area (Å²) in [4.78, 5) is 8.21. The fraction of sp³-hybridized carbons (Fsp3) is 0.667. The molecular formula is C12H18ClN3O. The van der Waals surface area contributed by atoms with Crippen LogP contribution in [0.1, 0.15) is 31.4 Å². The van der Waals surface area contributed by atoms with Crippen molar-refractivity contribution < 1.29 is 4.74 Å². The van der Waals surface area contributed by atoms with Crippen LogP contribution in [0.2, 0.25) is 5.15 Å². The van der Waals surface area contributed by atoms with Gasteiger partial charge in [0.25, 0.3) is 0 Å². The van der Waals surface area contributed by atoms with E-state index in [2.05, 4.69) is 15.3 Å². The number of hydrogen-bond acceptors (Lipinski definition) is 4. The number of aryl methyl sites for hydroxylation is 1. The van der Waals surface area contributed by atoms with E-state index >= 15 is 0 Å². The molecule has 0 amide bonds. The van der Waals surface area contributed by atoms with Gasteiger partial charge in [0.2, 0.25) is 0 Å². The van der Waals surface area contributed by atoms with E-state index in [1.54, 1.807) is 6.07 Å². The Morgan fingerprint density at radius 3 is 3.06 bits per heavy atom. The molecule has 1 aliphatic heterocycles. The maximum atomic E-state index is 5.83. The minimum absolute atomic E-state index is 0.380. The normalized spacial score (nSPS) is 20.2. The topological polar surface area (TPSA) is 47.0 Å². The second-order valence-corrected chi connectivity index (χ2v) is 4.79. The number of halogens is 1. The molecule has 1 N–H and O–H groups in total. The highest BCUT2D eigenvalue weighted by molar-refractivity contribution is 6.29. The molecule has 2 heterocycles. The van der Waals surface area contributed by atoms with Crippen LogP contribution in [0.3, 0.4) is 0 Å². The highest BCUT2D eigenvalue weighted by Crippen LogP contribution is 2.13. The third-order valence-electron chi connectivity index (χ3n) is 2.91. The summed E-state index contributed by atoms with van der Waals surface area (Å²) in [6.07, 6.45) is 4.83. The van der Waals surface area contributed by atoms with E-state index in [4.69, 9.17) is 16.3 Å². The van der Waals surface area contributed by atoms with Crippen molar-refractivity contribution in [1.82, 2.24) is 15.3 Å². The van der Waals surface area contributed by atoms with Gasteiger partial charge >= 0.3 is 6.01 Å². The molecule has 1 fully saturated rings. The summed E-state index contributed by atoms with van der Waals surface area (Å²) in [6.45, 7) is 3.64. The zero-order chi connectivity index (χ0) is 12.1. The van der Waals surface area contributed by atoms with Crippen molar-refractivity contribution >= 4 is 11.6 Å². The van der Waals surface area contributed by atoms with Crippen LogP contribution in [-0.4, -0.2) is 29.2 Å². The van der Waals surface area contributed by atoms with Gasteiger partial charge < -0.3 is 10.1 Å². The Balaban J connectivity index is 1.77. The Hall–Kier alpha value is -0.870. The van der Waals surface area contributed by atoms with Crippen LogP contribution in [0.4, 0.5) is 0 Å². The lowest BCUT2D eigenvalue weighted by Crippen LogP contribution is -2.35. The summed E-state index contributed by atoms with van der Waals surface area (Å²) >= 11 is 5.83. The first-order chi connectivity index (χ1) is 8.24. The molecule has 0 unspecified atom stereocenters. The average molecular weight is 256 g/mol. The third kappa shape index (κ3) is 4.13.